The number of rotatable bonds is 12. The Morgan fingerprint density at radius 1 is 1.12 bits per heavy atom. The van der Waals surface area contributed by atoms with Crippen molar-refractivity contribution in [1.29, 1.82) is 0 Å². The summed E-state index contributed by atoms with van der Waals surface area (Å²) in [4.78, 5) is 0. The van der Waals surface area contributed by atoms with Crippen molar-refractivity contribution in [2.75, 3.05) is 52.9 Å². The lowest BCUT2D eigenvalue weighted by atomic mass is 10.4. The Morgan fingerprint density at radius 3 is 2.24 bits per heavy atom. The minimum Gasteiger partial charge on any atom is -0.394 e. The summed E-state index contributed by atoms with van der Waals surface area (Å²) in [5.74, 6) is 2.36. The van der Waals surface area contributed by atoms with Crippen LogP contribution in [-0.4, -0.2) is 64.1 Å². The normalized spacial score (nSPS) is 13.1. The van der Waals surface area contributed by atoms with Crippen LogP contribution in [0.2, 0.25) is 0 Å². The first-order valence-electron chi connectivity index (χ1n) is 6.24. The molecule has 0 aromatic heterocycles. The van der Waals surface area contributed by atoms with Crippen molar-refractivity contribution in [3.8, 4) is 12.3 Å². The molecular formula is C12H22O5. The first-order chi connectivity index (χ1) is 8.85. The zero-order valence-corrected chi connectivity index (χ0v) is 10.1. The molecule has 0 aliphatic rings. The third-order valence-corrected chi connectivity index (χ3v) is 1.71. The average molecular weight is 247 g/mol. The van der Waals surface area contributed by atoms with Gasteiger partial charge in [0, 0.05) is 1.37 Å². The van der Waals surface area contributed by atoms with Crippen LogP contribution in [0, 0.1) is 12.3 Å². The fraction of sp³-hybridized carbons (Fsp3) is 0.833. The van der Waals surface area contributed by atoms with E-state index in [0.717, 1.165) is 0 Å². The number of aliphatic hydroxyl groups excluding tert-OH is 1. The summed E-state index contributed by atoms with van der Waals surface area (Å²) in [6.45, 7) is 2.95. The molecule has 0 saturated carbocycles. The summed E-state index contributed by atoms with van der Waals surface area (Å²) in [6, 6.07) is 0. The lowest BCUT2D eigenvalue weighted by Gasteiger charge is -2.10. The van der Waals surface area contributed by atoms with Gasteiger partial charge in [-0.3, -0.25) is 0 Å². The van der Waals surface area contributed by atoms with Crippen molar-refractivity contribution in [3.63, 3.8) is 0 Å². The van der Waals surface area contributed by atoms with Crippen LogP contribution in [0.5, 0.6) is 0 Å². The predicted molar refractivity (Wildman–Crippen MR) is 63.8 cm³/mol. The smallest absolute Gasteiger partial charge is 0.107 e. The molecule has 5 heteroatoms. The van der Waals surface area contributed by atoms with Crippen molar-refractivity contribution >= 4 is 0 Å². The van der Waals surface area contributed by atoms with Gasteiger partial charge in [0.15, 0.2) is 0 Å². The maximum absolute atomic E-state index is 8.76. The molecule has 0 unspecified atom stereocenters. The second-order valence-electron chi connectivity index (χ2n) is 3.16. The van der Waals surface area contributed by atoms with Gasteiger partial charge in [-0.2, -0.15) is 0 Å². The first-order valence-corrected chi connectivity index (χ1v) is 5.53. The van der Waals surface area contributed by atoms with Crippen LogP contribution in [-0.2, 0) is 18.9 Å². The quantitative estimate of drug-likeness (QED) is 0.390. The van der Waals surface area contributed by atoms with E-state index in [1.807, 2.05) is 0 Å². The molecule has 0 aromatic carbocycles. The molecule has 0 aliphatic heterocycles. The molecule has 0 radical (unpaired) electrons. The maximum atomic E-state index is 8.76. The fourth-order valence-corrected chi connectivity index (χ4v) is 0.897. The van der Waals surface area contributed by atoms with Crippen LogP contribution < -0.4 is 0 Å². The fourth-order valence-electron chi connectivity index (χ4n) is 0.897. The molecule has 1 N–H and O–H groups in total. The molecule has 0 fully saturated rings. The van der Waals surface area contributed by atoms with Crippen LogP contribution in [0.3, 0.4) is 0 Å². The zero-order chi connectivity index (χ0) is 13.5. The molecule has 0 amide bonds. The molecular weight excluding hydrogens is 224 g/mol. The van der Waals surface area contributed by atoms with Crippen LogP contribution in [0.15, 0.2) is 0 Å². The van der Waals surface area contributed by atoms with E-state index in [2.05, 4.69) is 5.92 Å². The molecule has 0 bridgehead atoms. The molecule has 0 rings (SSSR count). The standard InChI is InChI=1S/C12H22O5/c1-3-4-14-5-6-15-7-8-16-9-10-17-12(2)11-13/h1,12-13H,4-11H2,2H3/t12-/m0/s1/i2D. The highest BCUT2D eigenvalue weighted by Crippen LogP contribution is 1.88. The van der Waals surface area contributed by atoms with Crippen molar-refractivity contribution in [2.45, 2.75) is 13.0 Å². The van der Waals surface area contributed by atoms with Gasteiger partial charge in [0.2, 0.25) is 0 Å². The van der Waals surface area contributed by atoms with Gasteiger partial charge in [0.1, 0.15) is 6.61 Å². The average Bonchev–Trinajstić information content (AvgIpc) is 2.40. The molecule has 0 heterocycles. The van der Waals surface area contributed by atoms with E-state index in [1.54, 1.807) is 0 Å². The Labute approximate surface area is 104 Å². The van der Waals surface area contributed by atoms with Crippen molar-refractivity contribution in [3.05, 3.63) is 0 Å². The van der Waals surface area contributed by atoms with E-state index in [9.17, 15) is 0 Å². The zero-order valence-electron chi connectivity index (χ0n) is 11.1. The molecule has 1 atom stereocenters. The predicted octanol–water partition coefficient (Wildman–Crippen LogP) is 0.0668. The molecule has 17 heavy (non-hydrogen) atoms. The Morgan fingerprint density at radius 2 is 1.71 bits per heavy atom. The Hall–Kier alpha value is -0.640. The van der Waals surface area contributed by atoms with Gasteiger partial charge in [-0.15, -0.1) is 6.42 Å². The van der Waals surface area contributed by atoms with Gasteiger partial charge in [0.25, 0.3) is 0 Å². The van der Waals surface area contributed by atoms with Crippen LogP contribution in [0.1, 0.15) is 8.27 Å². The van der Waals surface area contributed by atoms with E-state index < -0.39 is 6.10 Å². The van der Waals surface area contributed by atoms with Gasteiger partial charge in [-0.05, 0) is 6.90 Å². The van der Waals surface area contributed by atoms with E-state index in [0.29, 0.717) is 46.2 Å². The lowest BCUT2D eigenvalue weighted by Crippen LogP contribution is -2.17. The minimum atomic E-state index is -0.418. The number of hydrogen-bond acceptors (Lipinski definition) is 5. The van der Waals surface area contributed by atoms with Gasteiger partial charge in [-0.1, -0.05) is 5.92 Å². The summed E-state index contributed by atoms with van der Waals surface area (Å²) in [5.41, 5.74) is 0. The van der Waals surface area contributed by atoms with E-state index in [1.165, 1.54) is 0 Å². The summed E-state index contributed by atoms with van der Waals surface area (Å²) in [5, 5.41) is 8.76. The van der Waals surface area contributed by atoms with Gasteiger partial charge < -0.3 is 24.1 Å². The topological polar surface area (TPSA) is 57.2 Å². The summed E-state index contributed by atoms with van der Waals surface area (Å²) < 4.78 is 27.7. The molecule has 5 nitrogen and oxygen atoms in total. The number of terminal acetylenes is 1. The molecule has 0 spiro atoms. The molecule has 0 aliphatic carbocycles. The highest BCUT2D eigenvalue weighted by Gasteiger charge is 1.98. The van der Waals surface area contributed by atoms with E-state index in [-0.39, 0.29) is 13.5 Å². The van der Waals surface area contributed by atoms with Gasteiger partial charge >= 0.3 is 0 Å². The molecule has 0 aromatic rings. The summed E-state index contributed by atoms with van der Waals surface area (Å²) in [7, 11) is 0. The van der Waals surface area contributed by atoms with Gasteiger partial charge in [0.05, 0.1) is 52.4 Å². The largest absolute Gasteiger partial charge is 0.394 e. The van der Waals surface area contributed by atoms with Crippen molar-refractivity contribution in [1.82, 2.24) is 0 Å². The van der Waals surface area contributed by atoms with E-state index in [4.69, 9.17) is 31.8 Å². The third-order valence-electron chi connectivity index (χ3n) is 1.71. The summed E-state index contributed by atoms with van der Waals surface area (Å²) in [6.07, 6.45) is 4.59. The number of hydrogen-bond donors (Lipinski definition) is 1. The van der Waals surface area contributed by atoms with Gasteiger partial charge in [-0.25, -0.2) is 0 Å². The monoisotopic (exact) mass is 247 g/mol. The second kappa shape index (κ2) is 13.4. The van der Waals surface area contributed by atoms with Crippen LogP contribution >= 0.6 is 0 Å². The first kappa shape index (κ1) is 14.4. The molecule has 0 saturated heterocycles. The Balaban J connectivity index is 3.05. The SMILES string of the molecule is [2H]C[C@@H](CO)OCCOCCOCCOCC#C. The summed E-state index contributed by atoms with van der Waals surface area (Å²) >= 11 is 0. The second-order valence-corrected chi connectivity index (χ2v) is 3.16. The highest BCUT2D eigenvalue weighted by molar-refractivity contribution is 4.82. The van der Waals surface area contributed by atoms with Crippen molar-refractivity contribution < 1.29 is 25.4 Å². The highest BCUT2D eigenvalue weighted by atomic mass is 16.6. The third kappa shape index (κ3) is 13.3. The van der Waals surface area contributed by atoms with Crippen LogP contribution in [0.25, 0.3) is 0 Å². The van der Waals surface area contributed by atoms with Crippen molar-refractivity contribution in [2.24, 2.45) is 0 Å². The Kier molecular flexibility index (Phi) is 11.4. The Bertz CT molecular complexity index is 203. The number of aliphatic hydroxyl groups is 1. The number of ether oxygens (including phenoxy) is 4. The van der Waals surface area contributed by atoms with Crippen LogP contribution in [0.4, 0.5) is 0 Å². The maximum Gasteiger partial charge on any atom is 0.107 e. The lowest BCUT2D eigenvalue weighted by molar-refractivity contribution is -0.0256. The van der Waals surface area contributed by atoms with E-state index >= 15 is 0 Å². The molecule has 100 valence electrons. The minimum absolute atomic E-state index is 0.0528.